The third-order valence-corrected chi connectivity index (χ3v) is 2.99. The van der Waals surface area contributed by atoms with E-state index in [0.717, 1.165) is 12.8 Å². The van der Waals surface area contributed by atoms with Crippen molar-refractivity contribution in [3.05, 3.63) is 29.0 Å². The second kappa shape index (κ2) is 5.35. The number of carbonyl (C=O) groups is 2. The molecular formula is C12H13ClN2O3. The lowest BCUT2D eigenvalue weighted by Gasteiger charge is -2.21. The molecule has 1 N–H and O–H groups in total. The standard InChI is InChI=1S/C12H13ClN2O3/c13-8-3-5-14-10(7-8)12(18)15(9-1-2-9)6-4-11(16)17/h3,5,7,9H,1-2,4,6H2,(H,16,17). The number of amides is 1. The topological polar surface area (TPSA) is 70.5 Å². The Hall–Kier alpha value is -1.62. The van der Waals surface area contributed by atoms with Gasteiger partial charge in [0.1, 0.15) is 5.69 Å². The maximum Gasteiger partial charge on any atom is 0.305 e. The summed E-state index contributed by atoms with van der Waals surface area (Å²) in [5, 5.41) is 9.13. The smallest absolute Gasteiger partial charge is 0.305 e. The third kappa shape index (κ3) is 3.20. The molecule has 1 saturated carbocycles. The molecule has 0 spiro atoms. The number of aliphatic carboxylic acids is 1. The summed E-state index contributed by atoms with van der Waals surface area (Å²) in [7, 11) is 0. The highest BCUT2D eigenvalue weighted by molar-refractivity contribution is 6.30. The Morgan fingerprint density at radius 3 is 2.78 bits per heavy atom. The maximum absolute atomic E-state index is 12.2. The molecule has 5 nitrogen and oxygen atoms in total. The number of rotatable bonds is 5. The molecule has 0 bridgehead atoms. The Bertz CT molecular complexity index is 474. The lowest BCUT2D eigenvalue weighted by Crippen LogP contribution is -2.35. The van der Waals surface area contributed by atoms with Gasteiger partial charge in [-0.3, -0.25) is 14.6 Å². The van der Waals surface area contributed by atoms with Crippen LogP contribution in [0.5, 0.6) is 0 Å². The summed E-state index contributed by atoms with van der Waals surface area (Å²) in [6, 6.07) is 3.24. The lowest BCUT2D eigenvalue weighted by molar-refractivity contribution is -0.137. The van der Waals surface area contributed by atoms with Crippen molar-refractivity contribution in [2.45, 2.75) is 25.3 Å². The van der Waals surface area contributed by atoms with Crippen molar-refractivity contribution in [2.24, 2.45) is 0 Å². The van der Waals surface area contributed by atoms with Crippen LogP contribution in [0.3, 0.4) is 0 Å². The summed E-state index contributed by atoms with van der Waals surface area (Å²) in [4.78, 5) is 28.3. The molecule has 0 unspecified atom stereocenters. The van der Waals surface area contributed by atoms with Crippen molar-refractivity contribution in [3.8, 4) is 0 Å². The highest BCUT2D eigenvalue weighted by atomic mass is 35.5. The van der Waals surface area contributed by atoms with E-state index in [2.05, 4.69) is 4.98 Å². The van der Waals surface area contributed by atoms with E-state index in [9.17, 15) is 9.59 Å². The molecule has 0 aliphatic heterocycles. The van der Waals surface area contributed by atoms with Crippen molar-refractivity contribution in [1.29, 1.82) is 0 Å². The summed E-state index contributed by atoms with van der Waals surface area (Å²) in [6.07, 6.45) is 3.26. The van der Waals surface area contributed by atoms with E-state index in [0.29, 0.717) is 5.02 Å². The number of pyridine rings is 1. The van der Waals surface area contributed by atoms with Gasteiger partial charge in [-0.2, -0.15) is 0 Å². The predicted octanol–water partition coefficient (Wildman–Crippen LogP) is 1.81. The number of hydrogen-bond donors (Lipinski definition) is 1. The molecule has 2 rings (SSSR count). The van der Waals surface area contributed by atoms with E-state index >= 15 is 0 Å². The largest absolute Gasteiger partial charge is 0.481 e. The molecular weight excluding hydrogens is 256 g/mol. The molecule has 1 aliphatic carbocycles. The van der Waals surface area contributed by atoms with Gasteiger partial charge in [0.05, 0.1) is 6.42 Å². The van der Waals surface area contributed by atoms with Gasteiger partial charge in [0.25, 0.3) is 5.91 Å². The molecule has 6 heteroatoms. The van der Waals surface area contributed by atoms with Crippen LogP contribution in [0.2, 0.25) is 5.02 Å². The molecule has 1 aliphatic rings. The molecule has 1 amide bonds. The van der Waals surface area contributed by atoms with Gasteiger partial charge in [0.15, 0.2) is 0 Å². The van der Waals surface area contributed by atoms with Gasteiger partial charge in [0.2, 0.25) is 0 Å². The summed E-state index contributed by atoms with van der Waals surface area (Å²) in [5.74, 6) is -1.16. The van der Waals surface area contributed by atoms with Crippen LogP contribution in [0.4, 0.5) is 0 Å². The molecule has 1 aromatic heterocycles. The molecule has 1 fully saturated rings. The first-order valence-electron chi connectivity index (χ1n) is 5.72. The maximum atomic E-state index is 12.2. The minimum atomic E-state index is -0.910. The van der Waals surface area contributed by atoms with Crippen LogP contribution in [-0.4, -0.2) is 39.5 Å². The van der Waals surface area contributed by atoms with Gasteiger partial charge in [-0.1, -0.05) is 11.6 Å². The highest BCUT2D eigenvalue weighted by Gasteiger charge is 2.33. The van der Waals surface area contributed by atoms with Gasteiger partial charge < -0.3 is 10.0 Å². The SMILES string of the molecule is O=C(O)CCN(C(=O)c1cc(Cl)ccn1)C1CC1. The zero-order valence-electron chi connectivity index (χ0n) is 9.67. The van der Waals surface area contributed by atoms with Gasteiger partial charge in [-0.15, -0.1) is 0 Å². The quantitative estimate of drug-likeness (QED) is 0.884. The molecule has 0 radical (unpaired) electrons. The van der Waals surface area contributed by atoms with E-state index in [1.165, 1.54) is 12.3 Å². The minimum Gasteiger partial charge on any atom is -0.481 e. The summed E-state index contributed by atoms with van der Waals surface area (Å²) in [5.41, 5.74) is 0.264. The van der Waals surface area contributed by atoms with Gasteiger partial charge in [-0.25, -0.2) is 0 Å². The molecule has 0 aromatic carbocycles. The molecule has 0 atom stereocenters. The van der Waals surface area contributed by atoms with E-state index < -0.39 is 5.97 Å². The predicted molar refractivity (Wildman–Crippen MR) is 65.6 cm³/mol. The molecule has 0 saturated heterocycles. The van der Waals surface area contributed by atoms with Gasteiger partial charge in [-0.05, 0) is 25.0 Å². The van der Waals surface area contributed by atoms with Crippen LogP contribution in [0.25, 0.3) is 0 Å². The number of carbonyl (C=O) groups excluding carboxylic acids is 1. The van der Waals surface area contributed by atoms with Crippen LogP contribution in [0.1, 0.15) is 29.8 Å². The fourth-order valence-electron chi connectivity index (χ4n) is 1.72. The lowest BCUT2D eigenvalue weighted by atomic mass is 10.3. The number of aromatic nitrogens is 1. The fourth-order valence-corrected chi connectivity index (χ4v) is 1.88. The number of halogens is 1. The summed E-state index contributed by atoms with van der Waals surface area (Å²) < 4.78 is 0. The Balaban J connectivity index is 2.10. The van der Waals surface area contributed by atoms with Crippen molar-refractivity contribution < 1.29 is 14.7 Å². The average molecular weight is 269 g/mol. The zero-order chi connectivity index (χ0) is 13.1. The third-order valence-electron chi connectivity index (χ3n) is 2.76. The van der Waals surface area contributed by atoms with Crippen molar-refractivity contribution in [2.75, 3.05) is 6.54 Å². The summed E-state index contributed by atoms with van der Waals surface area (Å²) in [6.45, 7) is 0.215. The second-order valence-electron chi connectivity index (χ2n) is 4.23. The van der Waals surface area contributed by atoms with Crippen LogP contribution >= 0.6 is 11.6 Å². The highest BCUT2D eigenvalue weighted by Crippen LogP contribution is 2.28. The van der Waals surface area contributed by atoms with Crippen LogP contribution < -0.4 is 0 Å². The van der Waals surface area contributed by atoms with E-state index in [4.69, 9.17) is 16.7 Å². The monoisotopic (exact) mass is 268 g/mol. The molecule has 18 heavy (non-hydrogen) atoms. The number of carboxylic acids is 1. The molecule has 1 aromatic rings. The van der Waals surface area contributed by atoms with E-state index in [1.807, 2.05) is 0 Å². The van der Waals surface area contributed by atoms with Crippen LogP contribution in [0, 0.1) is 0 Å². The fraction of sp³-hybridized carbons (Fsp3) is 0.417. The Labute approximate surface area is 109 Å². The average Bonchev–Trinajstić information content (AvgIpc) is 3.13. The Morgan fingerprint density at radius 2 is 2.22 bits per heavy atom. The zero-order valence-corrected chi connectivity index (χ0v) is 10.4. The van der Waals surface area contributed by atoms with E-state index in [1.54, 1.807) is 11.0 Å². The van der Waals surface area contributed by atoms with Gasteiger partial charge in [0, 0.05) is 23.8 Å². The van der Waals surface area contributed by atoms with Crippen molar-refractivity contribution in [3.63, 3.8) is 0 Å². The first-order valence-corrected chi connectivity index (χ1v) is 6.10. The normalized spacial score (nSPS) is 14.3. The van der Waals surface area contributed by atoms with Crippen molar-refractivity contribution in [1.82, 2.24) is 9.88 Å². The number of nitrogens with zero attached hydrogens (tertiary/aromatic N) is 2. The second-order valence-corrected chi connectivity index (χ2v) is 4.67. The molecule has 1 heterocycles. The van der Waals surface area contributed by atoms with Gasteiger partial charge >= 0.3 is 5.97 Å². The van der Waals surface area contributed by atoms with E-state index in [-0.39, 0.29) is 30.6 Å². The number of carboxylic acid groups (broad SMARTS) is 1. The Kier molecular flexibility index (Phi) is 3.81. The van der Waals surface area contributed by atoms with Crippen molar-refractivity contribution >= 4 is 23.5 Å². The van der Waals surface area contributed by atoms with Crippen LogP contribution in [0.15, 0.2) is 18.3 Å². The number of hydrogen-bond acceptors (Lipinski definition) is 3. The molecule has 96 valence electrons. The minimum absolute atomic E-state index is 0.0528. The first-order chi connectivity index (χ1) is 8.58. The Morgan fingerprint density at radius 1 is 1.50 bits per heavy atom. The summed E-state index contributed by atoms with van der Waals surface area (Å²) >= 11 is 5.81. The van der Waals surface area contributed by atoms with Crippen LogP contribution in [-0.2, 0) is 4.79 Å². The first kappa shape index (κ1) is 12.8.